The lowest BCUT2D eigenvalue weighted by Crippen LogP contribution is -1.96. The van der Waals surface area contributed by atoms with E-state index in [1.165, 1.54) is 0 Å². The molecule has 0 spiro atoms. The molecule has 2 aromatic heterocycles. The van der Waals surface area contributed by atoms with Crippen LogP contribution in [0.1, 0.15) is 25.5 Å². The molecule has 2 aromatic rings. The van der Waals surface area contributed by atoms with Crippen LogP contribution in [-0.4, -0.2) is 19.7 Å². The molecular formula is C11H15N5. The fourth-order valence-electron chi connectivity index (χ4n) is 1.61. The first-order valence-electron chi connectivity index (χ1n) is 5.19. The second-order valence-electron chi connectivity index (χ2n) is 4.08. The fraction of sp³-hybridized carbons (Fsp3) is 0.364. The zero-order valence-corrected chi connectivity index (χ0v) is 9.68. The number of nitrogens with two attached hydrogens (primary N) is 1. The Balaban J connectivity index is 2.50. The van der Waals surface area contributed by atoms with Gasteiger partial charge in [-0.15, -0.1) is 0 Å². The Labute approximate surface area is 94.3 Å². The number of nitrogens with zero attached hydrogens (tertiary/aromatic N) is 4. The van der Waals surface area contributed by atoms with Crippen molar-refractivity contribution in [3.8, 4) is 11.3 Å². The fourth-order valence-corrected chi connectivity index (χ4v) is 1.61. The molecule has 0 bridgehead atoms. The van der Waals surface area contributed by atoms with Crippen LogP contribution in [0.3, 0.4) is 0 Å². The molecule has 0 saturated carbocycles. The molecule has 0 radical (unpaired) electrons. The van der Waals surface area contributed by atoms with Crippen LogP contribution in [-0.2, 0) is 7.05 Å². The standard InChI is InChI=1S/C11H15N5/c1-7(2)11-8(6-16(3)15-11)9-4-14-10(12)5-13-9/h4-7H,1-3H3,(H2,12,14). The Morgan fingerprint density at radius 3 is 2.56 bits per heavy atom. The first-order chi connectivity index (χ1) is 7.58. The molecule has 2 heterocycles. The molecule has 0 aliphatic rings. The van der Waals surface area contributed by atoms with Gasteiger partial charge in [-0.05, 0) is 5.92 Å². The summed E-state index contributed by atoms with van der Waals surface area (Å²) in [7, 11) is 1.90. The average Bonchev–Trinajstić information content (AvgIpc) is 2.61. The van der Waals surface area contributed by atoms with Gasteiger partial charge in [0, 0.05) is 18.8 Å². The molecule has 5 nitrogen and oxygen atoms in total. The normalized spacial score (nSPS) is 11.0. The maximum absolute atomic E-state index is 5.51. The molecule has 0 atom stereocenters. The SMILES string of the molecule is CC(C)c1nn(C)cc1-c1cnc(N)cn1. The molecule has 16 heavy (non-hydrogen) atoms. The Hall–Kier alpha value is -1.91. The molecule has 2 N–H and O–H groups in total. The quantitative estimate of drug-likeness (QED) is 0.829. The molecule has 2 rings (SSSR count). The van der Waals surface area contributed by atoms with E-state index in [2.05, 4.69) is 28.9 Å². The van der Waals surface area contributed by atoms with E-state index < -0.39 is 0 Å². The highest BCUT2D eigenvalue weighted by Gasteiger charge is 2.14. The Bertz CT molecular complexity index is 484. The molecule has 0 fully saturated rings. The van der Waals surface area contributed by atoms with Crippen molar-refractivity contribution in [3.63, 3.8) is 0 Å². The van der Waals surface area contributed by atoms with Gasteiger partial charge in [0.1, 0.15) is 5.82 Å². The molecule has 0 unspecified atom stereocenters. The van der Waals surface area contributed by atoms with Crippen LogP contribution in [0.4, 0.5) is 5.82 Å². The summed E-state index contributed by atoms with van der Waals surface area (Å²) < 4.78 is 1.79. The molecule has 0 aliphatic heterocycles. The van der Waals surface area contributed by atoms with E-state index in [-0.39, 0.29) is 0 Å². The smallest absolute Gasteiger partial charge is 0.141 e. The van der Waals surface area contributed by atoms with Gasteiger partial charge >= 0.3 is 0 Å². The van der Waals surface area contributed by atoms with E-state index in [1.54, 1.807) is 17.1 Å². The lowest BCUT2D eigenvalue weighted by Gasteiger charge is -2.04. The molecule has 0 saturated heterocycles. The minimum atomic E-state index is 0.357. The maximum atomic E-state index is 5.51. The van der Waals surface area contributed by atoms with E-state index in [9.17, 15) is 0 Å². The van der Waals surface area contributed by atoms with Gasteiger partial charge in [0.2, 0.25) is 0 Å². The van der Waals surface area contributed by atoms with Crippen LogP contribution >= 0.6 is 0 Å². The van der Waals surface area contributed by atoms with E-state index in [0.29, 0.717) is 11.7 Å². The van der Waals surface area contributed by atoms with E-state index >= 15 is 0 Å². The molecule has 84 valence electrons. The van der Waals surface area contributed by atoms with Gasteiger partial charge in [0.25, 0.3) is 0 Å². The zero-order chi connectivity index (χ0) is 11.7. The maximum Gasteiger partial charge on any atom is 0.141 e. The predicted molar refractivity (Wildman–Crippen MR) is 62.7 cm³/mol. The van der Waals surface area contributed by atoms with Gasteiger partial charge < -0.3 is 5.73 Å². The highest BCUT2D eigenvalue weighted by atomic mass is 15.3. The monoisotopic (exact) mass is 217 g/mol. The Morgan fingerprint density at radius 1 is 1.25 bits per heavy atom. The number of rotatable bonds is 2. The summed E-state index contributed by atoms with van der Waals surface area (Å²) in [6.07, 6.45) is 5.19. The van der Waals surface area contributed by atoms with Crippen LogP contribution in [0.25, 0.3) is 11.3 Å². The van der Waals surface area contributed by atoms with Crippen molar-refractivity contribution in [2.75, 3.05) is 5.73 Å². The van der Waals surface area contributed by atoms with Crippen molar-refractivity contribution in [2.45, 2.75) is 19.8 Å². The largest absolute Gasteiger partial charge is 0.382 e. The molecule has 0 aliphatic carbocycles. The summed E-state index contributed by atoms with van der Waals surface area (Å²) in [6, 6.07) is 0. The molecular weight excluding hydrogens is 202 g/mol. The van der Waals surface area contributed by atoms with E-state index in [4.69, 9.17) is 5.73 Å². The van der Waals surface area contributed by atoms with Crippen molar-refractivity contribution >= 4 is 5.82 Å². The van der Waals surface area contributed by atoms with Crippen LogP contribution in [0.2, 0.25) is 0 Å². The van der Waals surface area contributed by atoms with Crippen LogP contribution < -0.4 is 5.73 Å². The van der Waals surface area contributed by atoms with Crippen LogP contribution in [0.5, 0.6) is 0 Å². The Morgan fingerprint density at radius 2 is 2.00 bits per heavy atom. The topological polar surface area (TPSA) is 69.6 Å². The average molecular weight is 217 g/mol. The number of anilines is 1. The van der Waals surface area contributed by atoms with Gasteiger partial charge in [0.15, 0.2) is 0 Å². The lowest BCUT2D eigenvalue weighted by atomic mass is 10.0. The van der Waals surface area contributed by atoms with Crippen molar-refractivity contribution in [1.82, 2.24) is 19.7 Å². The van der Waals surface area contributed by atoms with Gasteiger partial charge in [-0.2, -0.15) is 5.10 Å². The number of aromatic nitrogens is 4. The first kappa shape index (κ1) is 10.6. The number of nitrogen functional groups attached to an aromatic ring is 1. The predicted octanol–water partition coefficient (Wildman–Crippen LogP) is 1.58. The first-order valence-corrected chi connectivity index (χ1v) is 5.19. The van der Waals surface area contributed by atoms with Crippen LogP contribution in [0.15, 0.2) is 18.6 Å². The van der Waals surface area contributed by atoms with E-state index in [1.807, 2.05) is 13.2 Å². The summed E-state index contributed by atoms with van der Waals surface area (Å²) in [5, 5.41) is 4.43. The van der Waals surface area contributed by atoms with Crippen molar-refractivity contribution in [1.29, 1.82) is 0 Å². The second kappa shape index (κ2) is 3.92. The minimum Gasteiger partial charge on any atom is -0.382 e. The molecule has 0 aromatic carbocycles. The van der Waals surface area contributed by atoms with Gasteiger partial charge in [0.05, 0.1) is 23.8 Å². The van der Waals surface area contributed by atoms with E-state index in [0.717, 1.165) is 17.0 Å². The van der Waals surface area contributed by atoms with Crippen molar-refractivity contribution in [3.05, 3.63) is 24.3 Å². The van der Waals surface area contributed by atoms with Crippen LogP contribution in [0, 0.1) is 0 Å². The summed E-state index contributed by atoms with van der Waals surface area (Å²) in [5.41, 5.74) is 8.37. The third-order valence-electron chi connectivity index (χ3n) is 2.35. The number of aryl methyl sites for hydroxylation is 1. The highest BCUT2D eigenvalue weighted by Crippen LogP contribution is 2.25. The molecule has 0 amide bonds. The Kier molecular flexibility index (Phi) is 2.60. The third-order valence-corrected chi connectivity index (χ3v) is 2.35. The van der Waals surface area contributed by atoms with Gasteiger partial charge in [-0.3, -0.25) is 9.67 Å². The third kappa shape index (κ3) is 1.88. The van der Waals surface area contributed by atoms with Gasteiger partial charge in [-0.1, -0.05) is 13.8 Å². The van der Waals surface area contributed by atoms with Crippen molar-refractivity contribution in [2.24, 2.45) is 7.05 Å². The highest BCUT2D eigenvalue weighted by molar-refractivity contribution is 5.61. The number of hydrogen-bond donors (Lipinski definition) is 1. The second-order valence-corrected chi connectivity index (χ2v) is 4.08. The number of hydrogen-bond acceptors (Lipinski definition) is 4. The summed E-state index contributed by atoms with van der Waals surface area (Å²) in [5.74, 6) is 0.786. The van der Waals surface area contributed by atoms with Gasteiger partial charge in [-0.25, -0.2) is 4.98 Å². The summed E-state index contributed by atoms with van der Waals surface area (Å²) in [6.45, 7) is 4.22. The summed E-state index contributed by atoms with van der Waals surface area (Å²) >= 11 is 0. The lowest BCUT2D eigenvalue weighted by molar-refractivity contribution is 0.713. The minimum absolute atomic E-state index is 0.357. The molecule has 5 heteroatoms. The zero-order valence-electron chi connectivity index (χ0n) is 9.68. The van der Waals surface area contributed by atoms with Crippen molar-refractivity contribution < 1.29 is 0 Å². The summed E-state index contributed by atoms with van der Waals surface area (Å²) in [4.78, 5) is 8.31.